The summed E-state index contributed by atoms with van der Waals surface area (Å²) in [6, 6.07) is 4.32. The zero-order valence-electron chi connectivity index (χ0n) is 19.8. The normalized spacial score (nSPS) is 15.9. The molecule has 2 amide bonds. The van der Waals surface area contributed by atoms with E-state index in [1.54, 1.807) is 16.5 Å². The van der Waals surface area contributed by atoms with E-state index in [-0.39, 0.29) is 5.91 Å². The number of piperidine rings is 1. The summed E-state index contributed by atoms with van der Waals surface area (Å²) < 4.78 is 9.09. The number of aromatic nitrogens is 4. The Morgan fingerprint density at radius 2 is 1.89 bits per heavy atom. The van der Waals surface area contributed by atoms with E-state index in [9.17, 15) is 14.9 Å². The topological polar surface area (TPSA) is 109 Å². The smallest absolute Gasteiger partial charge is 0.245 e. The Labute approximate surface area is 204 Å². The number of pyridine rings is 1. The van der Waals surface area contributed by atoms with Gasteiger partial charge in [-0.1, -0.05) is 6.58 Å². The minimum absolute atomic E-state index is 0.0764. The maximum absolute atomic E-state index is 10.8. The van der Waals surface area contributed by atoms with Gasteiger partial charge in [0.25, 0.3) is 0 Å². The molecule has 0 spiro atoms. The maximum atomic E-state index is 10.8. The number of nitriles is 1. The highest BCUT2D eigenvalue weighted by molar-refractivity contribution is 5.87. The van der Waals surface area contributed by atoms with Gasteiger partial charge in [-0.15, -0.1) is 0 Å². The number of ether oxygens (including phenoxy) is 1. The summed E-state index contributed by atoms with van der Waals surface area (Å²) in [7, 11) is 1.58. The fourth-order valence-electron chi connectivity index (χ4n) is 4.49. The molecule has 0 radical (unpaired) electrons. The van der Waals surface area contributed by atoms with Crippen LogP contribution in [0, 0.1) is 11.3 Å². The average molecular weight is 476 g/mol. The van der Waals surface area contributed by atoms with Crippen LogP contribution in [-0.4, -0.2) is 74.8 Å². The summed E-state index contributed by atoms with van der Waals surface area (Å²) in [5, 5.41) is 18.0. The SMILES string of the molecule is C=CC(=O)N1CCCC1.COc1cc(-c2cnn(C3CCN(C=O)CC3)c2)cn2ncc(C#N)c12. The number of fused-ring (bicyclic) bond motifs is 1. The van der Waals surface area contributed by atoms with E-state index in [2.05, 4.69) is 22.8 Å². The van der Waals surface area contributed by atoms with Crippen molar-refractivity contribution in [2.75, 3.05) is 33.3 Å². The molecule has 0 aliphatic carbocycles. The lowest BCUT2D eigenvalue weighted by atomic mass is 10.1. The van der Waals surface area contributed by atoms with Crippen LogP contribution < -0.4 is 4.74 Å². The highest BCUT2D eigenvalue weighted by atomic mass is 16.5. The third-order valence-corrected chi connectivity index (χ3v) is 6.47. The average Bonchev–Trinajstić information content (AvgIpc) is 3.68. The quantitative estimate of drug-likeness (QED) is 0.415. The Hall–Kier alpha value is -4.13. The monoisotopic (exact) mass is 475 g/mol. The third-order valence-electron chi connectivity index (χ3n) is 6.47. The van der Waals surface area contributed by atoms with Gasteiger partial charge in [-0.25, -0.2) is 4.52 Å². The zero-order valence-corrected chi connectivity index (χ0v) is 19.8. The number of carbonyl (C=O) groups excluding carboxylic acids is 2. The number of carbonyl (C=O) groups is 2. The molecule has 182 valence electrons. The van der Waals surface area contributed by atoms with E-state index >= 15 is 0 Å². The van der Waals surface area contributed by atoms with Crippen LogP contribution in [-0.2, 0) is 9.59 Å². The largest absolute Gasteiger partial charge is 0.494 e. The molecule has 2 fully saturated rings. The first kappa shape index (κ1) is 24.0. The minimum Gasteiger partial charge on any atom is -0.494 e. The zero-order chi connectivity index (χ0) is 24.8. The number of rotatable bonds is 5. The number of hydrogen-bond acceptors (Lipinski definition) is 6. The predicted molar refractivity (Wildman–Crippen MR) is 130 cm³/mol. The van der Waals surface area contributed by atoms with Crippen molar-refractivity contribution in [3.63, 3.8) is 0 Å². The first-order valence-corrected chi connectivity index (χ1v) is 11.7. The van der Waals surface area contributed by atoms with E-state index < -0.39 is 0 Å². The summed E-state index contributed by atoms with van der Waals surface area (Å²) >= 11 is 0. The van der Waals surface area contributed by atoms with Crippen molar-refractivity contribution in [3.8, 4) is 22.9 Å². The Bertz CT molecular complexity index is 1240. The molecule has 0 atom stereocenters. The fraction of sp³-hybridized carbons (Fsp3) is 0.400. The number of likely N-dealkylation sites (tertiary alicyclic amines) is 2. The van der Waals surface area contributed by atoms with Crippen molar-refractivity contribution in [2.45, 2.75) is 31.7 Å². The van der Waals surface area contributed by atoms with Crippen LogP contribution in [0.15, 0.2) is 43.5 Å². The predicted octanol–water partition coefficient (Wildman–Crippen LogP) is 2.67. The van der Waals surface area contributed by atoms with E-state index in [4.69, 9.17) is 4.74 Å². The van der Waals surface area contributed by atoms with Gasteiger partial charge in [-0.05, 0) is 37.8 Å². The van der Waals surface area contributed by atoms with Gasteiger partial charge in [-0.3, -0.25) is 14.3 Å². The summed E-state index contributed by atoms with van der Waals surface area (Å²) in [5.74, 6) is 0.677. The van der Waals surface area contributed by atoms with Gasteiger partial charge in [0.2, 0.25) is 12.3 Å². The lowest BCUT2D eigenvalue weighted by Gasteiger charge is -2.29. The lowest BCUT2D eigenvalue weighted by Crippen LogP contribution is -2.33. The molecular formula is C25H29N7O3. The van der Waals surface area contributed by atoms with Crippen LogP contribution in [0.25, 0.3) is 16.6 Å². The van der Waals surface area contributed by atoms with Crippen LogP contribution in [0.5, 0.6) is 5.75 Å². The fourth-order valence-corrected chi connectivity index (χ4v) is 4.49. The van der Waals surface area contributed by atoms with Crippen molar-refractivity contribution in [3.05, 3.63) is 49.1 Å². The minimum atomic E-state index is 0.0764. The van der Waals surface area contributed by atoms with Gasteiger partial charge < -0.3 is 14.5 Å². The molecule has 2 aliphatic heterocycles. The van der Waals surface area contributed by atoms with Gasteiger partial charge in [-0.2, -0.15) is 15.5 Å². The standard InChI is InChI=1S/C18H18N6O2.C7H11NO/c1-26-17-6-13(10-24-18(17)14(7-19)8-21-24)15-9-20-23(11-15)16-2-4-22(12-25)5-3-16;1-2-7(9)8-5-3-4-6-8/h6,8-12,16H,2-5H2,1H3;2H,1,3-6H2. The van der Waals surface area contributed by atoms with Crippen LogP contribution in [0.3, 0.4) is 0 Å². The molecule has 3 aromatic heterocycles. The molecule has 0 bridgehead atoms. The molecule has 0 saturated carbocycles. The Morgan fingerprint density at radius 3 is 2.51 bits per heavy atom. The van der Waals surface area contributed by atoms with Crippen molar-refractivity contribution in [1.82, 2.24) is 29.2 Å². The van der Waals surface area contributed by atoms with Gasteiger partial charge in [0, 0.05) is 49.7 Å². The van der Waals surface area contributed by atoms with Crippen molar-refractivity contribution in [2.24, 2.45) is 0 Å². The molecular weight excluding hydrogens is 446 g/mol. The highest BCUT2D eigenvalue weighted by Crippen LogP contribution is 2.30. The second kappa shape index (κ2) is 10.9. The van der Waals surface area contributed by atoms with Crippen LogP contribution >= 0.6 is 0 Å². The number of hydrogen-bond donors (Lipinski definition) is 0. The molecule has 2 aliphatic rings. The van der Waals surface area contributed by atoms with Crippen LogP contribution in [0.2, 0.25) is 0 Å². The Morgan fingerprint density at radius 1 is 1.14 bits per heavy atom. The molecule has 5 rings (SSSR count). The number of amides is 2. The second-order valence-electron chi connectivity index (χ2n) is 8.58. The maximum Gasteiger partial charge on any atom is 0.245 e. The van der Waals surface area contributed by atoms with Gasteiger partial charge in [0.05, 0.1) is 25.5 Å². The van der Waals surface area contributed by atoms with Crippen LogP contribution in [0.1, 0.15) is 37.3 Å². The summed E-state index contributed by atoms with van der Waals surface area (Å²) in [6.07, 6.45) is 13.6. The van der Waals surface area contributed by atoms with E-state index in [0.717, 1.165) is 69.4 Å². The van der Waals surface area contributed by atoms with Crippen LogP contribution in [0.4, 0.5) is 0 Å². The molecule has 2 saturated heterocycles. The molecule has 5 heterocycles. The molecule has 35 heavy (non-hydrogen) atoms. The second-order valence-corrected chi connectivity index (χ2v) is 8.58. The molecule has 10 nitrogen and oxygen atoms in total. The van der Waals surface area contributed by atoms with Crippen molar-refractivity contribution < 1.29 is 14.3 Å². The molecule has 0 unspecified atom stereocenters. The molecule has 3 aromatic rings. The molecule has 0 N–H and O–H groups in total. The number of nitrogens with zero attached hydrogens (tertiary/aromatic N) is 7. The van der Waals surface area contributed by atoms with E-state index in [0.29, 0.717) is 22.9 Å². The van der Waals surface area contributed by atoms with E-state index in [1.807, 2.05) is 34.2 Å². The molecule has 10 heteroatoms. The third kappa shape index (κ3) is 5.19. The molecule has 0 aromatic carbocycles. The summed E-state index contributed by atoms with van der Waals surface area (Å²) in [5.41, 5.74) is 3.01. The number of methoxy groups -OCH3 is 1. The highest BCUT2D eigenvalue weighted by Gasteiger charge is 2.21. The summed E-state index contributed by atoms with van der Waals surface area (Å²) in [4.78, 5) is 25.3. The van der Waals surface area contributed by atoms with Gasteiger partial charge >= 0.3 is 0 Å². The first-order chi connectivity index (χ1) is 17.1. The van der Waals surface area contributed by atoms with Crippen molar-refractivity contribution >= 4 is 17.8 Å². The Kier molecular flexibility index (Phi) is 7.45. The van der Waals surface area contributed by atoms with Crippen molar-refractivity contribution in [1.29, 1.82) is 5.26 Å². The van der Waals surface area contributed by atoms with E-state index in [1.165, 1.54) is 12.3 Å². The van der Waals surface area contributed by atoms with Gasteiger partial charge in [0.15, 0.2) is 0 Å². The summed E-state index contributed by atoms with van der Waals surface area (Å²) in [6.45, 7) is 6.77. The van der Waals surface area contributed by atoms with Gasteiger partial charge in [0.1, 0.15) is 22.9 Å². The first-order valence-electron chi connectivity index (χ1n) is 11.7. The lowest BCUT2D eigenvalue weighted by molar-refractivity contribution is -0.125. The Balaban J connectivity index is 0.000000271.